The SMILES string of the molecule is O=C(COC(=O)[C@@H](Cc1ccccc1)N1C(=O)[C@@H]2[C@H](C1=O)[C@H]1C=C[C@H]2C1)Nc1ccc(Br)c(Cl)c1. The maximum atomic E-state index is 13.3. The molecule has 1 N–H and O–H groups in total. The number of hydrogen-bond donors (Lipinski definition) is 1. The molecule has 7 nitrogen and oxygen atoms in total. The quantitative estimate of drug-likeness (QED) is 0.316. The molecule has 5 atom stereocenters. The number of rotatable bonds is 7. The van der Waals surface area contributed by atoms with Gasteiger partial charge in [0.05, 0.1) is 16.9 Å². The molecule has 1 aliphatic heterocycles. The smallest absolute Gasteiger partial charge is 0.330 e. The van der Waals surface area contributed by atoms with Gasteiger partial charge in [-0.1, -0.05) is 54.1 Å². The first-order chi connectivity index (χ1) is 16.8. The predicted molar refractivity (Wildman–Crippen MR) is 132 cm³/mol. The summed E-state index contributed by atoms with van der Waals surface area (Å²) in [6, 6.07) is 12.9. The highest BCUT2D eigenvalue weighted by molar-refractivity contribution is 9.10. The molecule has 35 heavy (non-hydrogen) atoms. The number of hydrogen-bond acceptors (Lipinski definition) is 5. The third-order valence-corrected chi connectivity index (χ3v) is 8.14. The van der Waals surface area contributed by atoms with Gasteiger partial charge in [0.15, 0.2) is 6.61 Å². The summed E-state index contributed by atoms with van der Waals surface area (Å²) in [7, 11) is 0. The minimum atomic E-state index is -1.14. The Morgan fingerprint density at radius 2 is 1.71 bits per heavy atom. The molecule has 1 saturated heterocycles. The Balaban J connectivity index is 1.31. The first-order valence-electron chi connectivity index (χ1n) is 11.3. The fourth-order valence-electron chi connectivity index (χ4n) is 5.35. The standard InChI is InChI=1S/C26H22BrClN2O5/c27-18-9-8-17(12-19(18)28)29-21(31)13-35-26(34)20(10-14-4-2-1-3-5-14)30-24(32)22-15-6-7-16(11-15)23(22)25(30)33/h1-9,12,15-16,20,22-23H,10-11,13H2,(H,29,31)/t15-,16-,20+,22-,23+/m0/s1. The molecule has 0 aromatic heterocycles. The van der Waals surface area contributed by atoms with Crippen molar-refractivity contribution in [3.05, 3.63) is 75.7 Å². The molecule has 0 radical (unpaired) electrons. The Hall–Kier alpha value is -2.97. The average molecular weight is 558 g/mol. The summed E-state index contributed by atoms with van der Waals surface area (Å²) < 4.78 is 5.99. The number of nitrogens with one attached hydrogen (secondary N) is 1. The highest BCUT2D eigenvalue weighted by Gasteiger charge is 2.61. The topological polar surface area (TPSA) is 92.8 Å². The Bertz CT molecular complexity index is 1200. The number of amides is 3. The van der Waals surface area contributed by atoms with Gasteiger partial charge in [0.2, 0.25) is 11.8 Å². The van der Waals surface area contributed by atoms with Crippen molar-refractivity contribution in [2.45, 2.75) is 18.9 Å². The van der Waals surface area contributed by atoms with E-state index in [1.807, 2.05) is 42.5 Å². The third kappa shape index (κ3) is 4.52. The van der Waals surface area contributed by atoms with Crippen molar-refractivity contribution in [2.75, 3.05) is 11.9 Å². The van der Waals surface area contributed by atoms with Crippen LogP contribution in [0.15, 0.2) is 65.2 Å². The van der Waals surface area contributed by atoms with Gasteiger partial charge in [-0.2, -0.15) is 0 Å². The van der Waals surface area contributed by atoms with Crippen molar-refractivity contribution in [1.29, 1.82) is 0 Å². The number of carbonyl (C=O) groups excluding carboxylic acids is 4. The summed E-state index contributed by atoms with van der Waals surface area (Å²) in [5.41, 5.74) is 1.22. The maximum absolute atomic E-state index is 13.3. The van der Waals surface area contributed by atoms with Gasteiger partial charge in [-0.15, -0.1) is 0 Å². The molecule has 9 heteroatoms. The van der Waals surface area contributed by atoms with Crippen LogP contribution in [-0.2, 0) is 30.3 Å². The van der Waals surface area contributed by atoms with Gasteiger partial charge < -0.3 is 10.1 Å². The second-order valence-electron chi connectivity index (χ2n) is 9.04. The fraction of sp³-hybridized carbons (Fsp3) is 0.308. The first-order valence-corrected chi connectivity index (χ1v) is 12.5. The lowest BCUT2D eigenvalue weighted by Crippen LogP contribution is -2.48. The largest absolute Gasteiger partial charge is 0.454 e. The molecule has 0 unspecified atom stereocenters. The van der Waals surface area contributed by atoms with E-state index in [1.54, 1.807) is 18.2 Å². The van der Waals surface area contributed by atoms with Gasteiger partial charge in [-0.05, 0) is 57.9 Å². The van der Waals surface area contributed by atoms with Gasteiger partial charge in [0, 0.05) is 16.6 Å². The van der Waals surface area contributed by atoms with Crippen molar-refractivity contribution >= 4 is 56.9 Å². The lowest BCUT2D eigenvalue weighted by molar-refractivity contribution is -0.160. The number of carbonyl (C=O) groups is 4. The number of fused-ring (bicyclic) bond motifs is 5. The van der Waals surface area contributed by atoms with E-state index in [1.165, 1.54) is 0 Å². The zero-order chi connectivity index (χ0) is 24.7. The lowest BCUT2D eigenvalue weighted by Gasteiger charge is -2.26. The normalized spacial score (nSPS) is 25.0. The zero-order valence-electron chi connectivity index (χ0n) is 18.5. The molecule has 0 spiro atoms. The van der Waals surface area contributed by atoms with Crippen LogP contribution >= 0.6 is 27.5 Å². The van der Waals surface area contributed by atoms with Gasteiger partial charge in [-0.3, -0.25) is 19.3 Å². The Morgan fingerprint density at radius 3 is 2.34 bits per heavy atom. The summed E-state index contributed by atoms with van der Waals surface area (Å²) >= 11 is 9.33. The third-order valence-electron chi connectivity index (χ3n) is 6.91. The van der Waals surface area contributed by atoms with Gasteiger partial charge in [0.1, 0.15) is 6.04 Å². The Labute approximate surface area is 215 Å². The molecule has 2 bridgehead atoms. The molecule has 3 amide bonds. The van der Waals surface area contributed by atoms with Gasteiger partial charge in [0.25, 0.3) is 5.91 Å². The van der Waals surface area contributed by atoms with E-state index in [4.69, 9.17) is 16.3 Å². The molecule has 180 valence electrons. The van der Waals surface area contributed by atoms with E-state index < -0.39 is 36.4 Å². The van der Waals surface area contributed by atoms with E-state index in [-0.39, 0.29) is 30.1 Å². The monoisotopic (exact) mass is 556 g/mol. The predicted octanol–water partition coefficient (Wildman–Crippen LogP) is 4.00. The second-order valence-corrected chi connectivity index (χ2v) is 10.3. The van der Waals surface area contributed by atoms with Crippen molar-refractivity contribution in [3.63, 3.8) is 0 Å². The van der Waals surface area contributed by atoms with Crippen molar-refractivity contribution in [1.82, 2.24) is 4.90 Å². The van der Waals surface area contributed by atoms with E-state index in [2.05, 4.69) is 21.2 Å². The highest BCUT2D eigenvalue weighted by Crippen LogP contribution is 2.53. The van der Waals surface area contributed by atoms with Gasteiger partial charge >= 0.3 is 5.97 Å². The van der Waals surface area contributed by atoms with Crippen LogP contribution in [0.4, 0.5) is 5.69 Å². The van der Waals surface area contributed by atoms with Crippen LogP contribution in [0, 0.1) is 23.7 Å². The molecular formula is C26H22BrClN2O5. The highest BCUT2D eigenvalue weighted by atomic mass is 79.9. The molecule has 2 aromatic carbocycles. The van der Waals surface area contributed by atoms with Crippen LogP contribution in [-0.4, -0.2) is 41.2 Å². The van der Waals surface area contributed by atoms with E-state index >= 15 is 0 Å². The van der Waals surface area contributed by atoms with Crippen LogP contribution in [0.1, 0.15) is 12.0 Å². The van der Waals surface area contributed by atoms with Crippen LogP contribution in [0.3, 0.4) is 0 Å². The van der Waals surface area contributed by atoms with Crippen molar-refractivity contribution < 1.29 is 23.9 Å². The maximum Gasteiger partial charge on any atom is 0.330 e. The first kappa shape index (κ1) is 23.8. The van der Waals surface area contributed by atoms with Gasteiger partial charge in [-0.25, -0.2) is 4.79 Å². The summed E-state index contributed by atoms with van der Waals surface area (Å²) in [6.07, 6.45) is 4.92. The number of benzene rings is 2. The molecule has 2 aliphatic carbocycles. The number of allylic oxidation sites excluding steroid dienone is 2. The zero-order valence-corrected chi connectivity index (χ0v) is 20.9. The molecule has 5 rings (SSSR count). The van der Waals surface area contributed by atoms with E-state index in [0.29, 0.717) is 15.2 Å². The van der Waals surface area contributed by atoms with E-state index in [0.717, 1.165) is 16.9 Å². The Kier molecular flexibility index (Phi) is 6.51. The molecule has 1 saturated carbocycles. The second kappa shape index (κ2) is 9.59. The van der Waals surface area contributed by atoms with Crippen LogP contribution < -0.4 is 5.32 Å². The summed E-state index contributed by atoms with van der Waals surface area (Å²) in [6.45, 7) is -0.562. The number of ether oxygens (including phenoxy) is 1. The molecule has 3 aliphatic rings. The summed E-state index contributed by atoms with van der Waals surface area (Å²) in [5.74, 6) is -2.80. The lowest BCUT2D eigenvalue weighted by atomic mass is 9.85. The average Bonchev–Trinajstić information content (AvgIpc) is 3.53. The number of imide groups is 1. The number of likely N-dealkylation sites (tertiary alicyclic amines) is 1. The van der Waals surface area contributed by atoms with E-state index in [9.17, 15) is 19.2 Å². The number of esters is 1. The number of anilines is 1. The molecule has 1 heterocycles. The Morgan fingerprint density at radius 1 is 1.06 bits per heavy atom. The summed E-state index contributed by atoms with van der Waals surface area (Å²) in [4.78, 5) is 53.3. The van der Waals surface area contributed by atoms with Crippen molar-refractivity contribution in [3.8, 4) is 0 Å². The number of halogens is 2. The fourth-order valence-corrected chi connectivity index (χ4v) is 5.78. The molecule has 2 aromatic rings. The van der Waals surface area contributed by atoms with Crippen LogP contribution in [0.5, 0.6) is 0 Å². The minimum absolute atomic E-state index is 0.0309. The molecular weight excluding hydrogens is 536 g/mol. The number of nitrogens with zero attached hydrogens (tertiary/aromatic N) is 1. The van der Waals surface area contributed by atoms with Crippen LogP contribution in [0.25, 0.3) is 0 Å². The molecule has 2 fully saturated rings. The minimum Gasteiger partial charge on any atom is -0.454 e. The van der Waals surface area contributed by atoms with Crippen LogP contribution in [0.2, 0.25) is 5.02 Å². The summed E-state index contributed by atoms with van der Waals surface area (Å²) in [5, 5.41) is 3.04. The van der Waals surface area contributed by atoms with Crippen molar-refractivity contribution in [2.24, 2.45) is 23.7 Å².